The molecule has 27 heavy (non-hydrogen) atoms. The second-order valence-electron chi connectivity index (χ2n) is 7.44. The quantitative estimate of drug-likeness (QED) is 0.668. The highest BCUT2D eigenvalue weighted by atomic mass is 16.2. The number of aryl methyl sites for hydroxylation is 1. The van der Waals surface area contributed by atoms with Gasteiger partial charge in [-0.05, 0) is 25.0 Å². The Morgan fingerprint density at radius 2 is 1.93 bits per heavy atom. The van der Waals surface area contributed by atoms with Gasteiger partial charge in [-0.15, -0.1) is 0 Å². The van der Waals surface area contributed by atoms with E-state index in [1.807, 2.05) is 34.9 Å². The summed E-state index contributed by atoms with van der Waals surface area (Å²) in [7, 11) is 1.66. The highest BCUT2D eigenvalue weighted by molar-refractivity contribution is 5.77. The lowest BCUT2D eigenvalue weighted by Crippen LogP contribution is -2.40. The highest BCUT2D eigenvalue weighted by Crippen LogP contribution is 2.32. The minimum Gasteiger partial charge on any atom is -0.312 e. The minimum atomic E-state index is -0.370. The van der Waals surface area contributed by atoms with Gasteiger partial charge in [0, 0.05) is 25.8 Å². The summed E-state index contributed by atoms with van der Waals surface area (Å²) < 4.78 is 4.65. The van der Waals surface area contributed by atoms with Gasteiger partial charge in [0.05, 0.1) is 6.54 Å². The summed E-state index contributed by atoms with van der Waals surface area (Å²) in [4.78, 5) is 32.7. The van der Waals surface area contributed by atoms with E-state index in [-0.39, 0.29) is 17.8 Å². The van der Waals surface area contributed by atoms with Crippen LogP contribution in [0.3, 0.4) is 0 Å². The number of hydrogen-bond donors (Lipinski definition) is 0. The zero-order chi connectivity index (χ0) is 19.3. The molecule has 3 heterocycles. The number of nitrogens with zero attached hydrogens (tertiary/aromatic N) is 5. The minimum absolute atomic E-state index is 0.208. The Balaban J connectivity index is 2.03. The Kier molecular flexibility index (Phi) is 4.02. The molecule has 1 aromatic carbocycles. The Morgan fingerprint density at radius 3 is 2.59 bits per heavy atom. The molecule has 0 amide bonds. The first-order chi connectivity index (χ1) is 12.9. The zero-order valence-electron chi connectivity index (χ0n) is 15.8. The maximum absolute atomic E-state index is 13.1. The van der Waals surface area contributed by atoms with Crippen LogP contribution in [0.2, 0.25) is 0 Å². The monoisotopic (exact) mass is 365 g/mol. The van der Waals surface area contributed by atoms with E-state index in [1.54, 1.807) is 14.0 Å². The molecule has 7 heteroatoms. The van der Waals surface area contributed by atoms with E-state index in [2.05, 4.69) is 18.4 Å². The molecular weight excluding hydrogens is 342 g/mol. The van der Waals surface area contributed by atoms with Crippen LogP contribution < -0.4 is 16.1 Å². The third kappa shape index (κ3) is 2.70. The number of para-hydroxylation sites is 1. The Labute approximate surface area is 156 Å². The summed E-state index contributed by atoms with van der Waals surface area (Å²) in [6.07, 6.45) is 0. The molecule has 0 aliphatic carbocycles. The van der Waals surface area contributed by atoms with Crippen molar-refractivity contribution in [2.75, 3.05) is 11.4 Å². The fourth-order valence-electron chi connectivity index (χ4n) is 3.74. The van der Waals surface area contributed by atoms with Crippen LogP contribution in [0.1, 0.15) is 13.8 Å². The predicted octanol–water partition coefficient (Wildman–Crippen LogP) is 2.26. The average Bonchev–Trinajstić information content (AvgIpc) is 3.03. The first kappa shape index (κ1) is 17.3. The van der Waals surface area contributed by atoms with Gasteiger partial charge in [0.1, 0.15) is 0 Å². The molecule has 3 aromatic rings. The van der Waals surface area contributed by atoms with Crippen molar-refractivity contribution < 1.29 is 0 Å². The van der Waals surface area contributed by atoms with Crippen LogP contribution in [0.5, 0.6) is 0 Å². The normalized spacial score (nSPS) is 16.6. The summed E-state index contributed by atoms with van der Waals surface area (Å²) in [5.41, 5.74) is 2.00. The van der Waals surface area contributed by atoms with Crippen molar-refractivity contribution in [3.63, 3.8) is 0 Å². The SMILES string of the molecule is C=C(C)Cn1c(=O)c2c(nc3n2CC(C)CN3c2ccccc2)n(C)c1=O. The van der Waals surface area contributed by atoms with Crippen LogP contribution in [0.15, 0.2) is 52.1 Å². The number of anilines is 2. The molecule has 4 rings (SSSR count). The predicted molar refractivity (Wildman–Crippen MR) is 107 cm³/mol. The van der Waals surface area contributed by atoms with Crippen molar-refractivity contribution in [1.29, 1.82) is 0 Å². The summed E-state index contributed by atoms with van der Waals surface area (Å²) >= 11 is 0. The Bertz CT molecular complexity index is 1150. The van der Waals surface area contributed by atoms with Gasteiger partial charge < -0.3 is 9.47 Å². The molecule has 1 atom stereocenters. The fraction of sp³-hybridized carbons (Fsp3) is 0.350. The lowest BCUT2D eigenvalue weighted by atomic mass is 10.1. The van der Waals surface area contributed by atoms with Crippen LogP contribution in [0.4, 0.5) is 11.6 Å². The Morgan fingerprint density at radius 1 is 1.22 bits per heavy atom. The first-order valence-electron chi connectivity index (χ1n) is 9.05. The van der Waals surface area contributed by atoms with Gasteiger partial charge in [0.25, 0.3) is 5.56 Å². The Hall–Kier alpha value is -3.09. The van der Waals surface area contributed by atoms with Crippen molar-refractivity contribution in [3.05, 3.63) is 63.3 Å². The van der Waals surface area contributed by atoms with Gasteiger partial charge in [-0.2, -0.15) is 4.98 Å². The number of aromatic nitrogens is 4. The first-order valence-corrected chi connectivity index (χ1v) is 9.05. The van der Waals surface area contributed by atoms with E-state index < -0.39 is 0 Å². The molecule has 1 aliphatic rings. The van der Waals surface area contributed by atoms with Gasteiger partial charge >= 0.3 is 5.69 Å². The van der Waals surface area contributed by atoms with Crippen LogP contribution >= 0.6 is 0 Å². The second kappa shape index (κ2) is 6.26. The summed E-state index contributed by atoms with van der Waals surface area (Å²) in [6, 6.07) is 9.99. The maximum atomic E-state index is 13.1. The topological polar surface area (TPSA) is 65.1 Å². The number of imidazole rings is 1. The molecule has 0 saturated carbocycles. The number of benzene rings is 1. The highest BCUT2D eigenvalue weighted by Gasteiger charge is 2.29. The molecule has 0 spiro atoms. The van der Waals surface area contributed by atoms with Crippen molar-refractivity contribution in [3.8, 4) is 0 Å². The number of hydrogen-bond acceptors (Lipinski definition) is 4. The van der Waals surface area contributed by atoms with E-state index in [0.717, 1.165) is 17.8 Å². The molecule has 1 unspecified atom stereocenters. The molecule has 7 nitrogen and oxygen atoms in total. The summed E-state index contributed by atoms with van der Waals surface area (Å²) in [6.45, 7) is 9.51. The third-order valence-electron chi connectivity index (χ3n) is 4.94. The average molecular weight is 365 g/mol. The molecule has 0 N–H and O–H groups in total. The van der Waals surface area contributed by atoms with Crippen LogP contribution in [-0.2, 0) is 20.1 Å². The molecule has 0 bridgehead atoms. The van der Waals surface area contributed by atoms with Gasteiger partial charge in [0.15, 0.2) is 11.2 Å². The van der Waals surface area contributed by atoms with Crippen molar-refractivity contribution >= 4 is 22.8 Å². The fourth-order valence-corrected chi connectivity index (χ4v) is 3.74. The van der Waals surface area contributed by atoms with Crippen molar-refractivity contribution in [1.82, 2.24) is 18.7 Å². The van der Waals surface area contributed by atoms with E-state index in [9.17, 15) is 9.59 Å². The van der Waals surface area contributed by atoms with Crippen LogP contribution in [-0.4, -0.2) is 25.2 Å². The zero-order valence-corrected chi connectivity index (χ0v) is 15.8. The molecule has 0 fully saturated rings. The van der Waals surface area contributed by atoms with Gasteiger partial charge in [-0.25, -0.2) is 4.79 Å². The lowest BCUT2D eigenvalue weighted by Gasteiger charge is -2.32. The van der Waals surface area contributed by atoms with Crippen LogP contribution in [0.25, 0.3) is 11.2 Å². The largest absolute Gasteiger partial charge is 0.332 e. The maximum Gasteiger partial charge on any atom is 0.332 e. The van der Waals surface area contributed by atoms with Gasteiger partial charge in [-0.3, -0.25) is 13.9 Å². The molecule has 1 aliphatic heterocycles. The second-order valence-corrected chi connectivity index (χ2v) is 7.44. The summed E-state index contributed by atoms with van der Waals surface area (Å²) in [5, 5.41) is 0. The van der Waals surface area contributed by atoms with Crippen molar-refractivity contribution in [2.24, 2.45) is 13.0 Å². The standard InChI is InChI=1S/C20H23N5O2/c1-13(2)10-25-18(26)16-17(22(4)20(25)27)21-19-23(11-14(3)12-24(16)19)15-8-6-5-7-9-15/h5-9,14H,1,10-12H2,2-4H3. The molecule has 0 radical (unpaired) electrons. The molecule has 2 aromatic heterocycles. The number of rotatable bonds is 3. The van der Waals surface area contributed by atoms with E-state index in [0.29, 0.717) is 29.6 Å². The third-order valence-corrected chi connectivity index (χ3v) is 4.94. The number of allylic oxidation sites excluding steroid dienone is 1. The molecule has 0 saturated heterocycles. The van der Waals surface area contributed by atoms with E-state index in [4.69, 9.17) is 4.98 Å². The molecule has 140 valence electrons. The van der Waals surface area contributed by atoms with Crippen LogP contribution in [0, 0.1) is 5.92 Å². The lowest BCUT2D eigenvalue weighted by molar-refractivity contribution is 0.458. The molecular formula is C20H23N5O2. The van der Waals surface area contributed by atoms with E-state index >= 15 is 0 Å². The summed E-state index contributed by atoms with van der Waals surface area (Å²) in [5.74, 6) is 1.04. The van der Waals surface area contributed by atoms with Crippen molar-refractivity contribution in [2.45, 2.75) is 26.9 Å². The van der Waals surface area contributed by atoms with Gasteiger partial charge in [0.2, 0.25) is 5.95 Å². The smallest absolute Gasteiger partial charge is 0.312 e. The van der Waals surface area contributed by atoms with E-state index in [1.165, 1.54) is 9.13 Å². The van der Waals surface area contributed by atoms with Gasteiger partial charge in [-0.1, -0.05) is 37.3 Å². The number of fused-ring (bicyclic) bond motifs is 3.